The number of halogens is 1. The first-order valence-corrected chi connectivity index (χ1v) is 7.19. The molecule has 0 saturated carbocycles. The van der Waals surface area contributed by atoms with Gasteiger partial charge in [-0.25, -0.2) is 4.79 Å². The summed E-state index contributed by atoms with van der Waals surface area (Å²) in [5, 5.41) is 10.3. The van der Waals surface area contributed by atoms with Gasteiger partial charge in [-0.15, -0.1) is 0 Å². The number of hydrogen-bond donors (Lipinski definition) is 2. The molecule has 0 aliphatic heterocycles. The van der Waals surface area contributed by atoms with E-state index in [0.717, 1.165) is 5.56 Å². The molecule has 0 spiro atoms. The lowest BCUT2D eigenvalue weighted by molar-refractivity contribution is 0.373. The van der Waals surface area contributed by atoms with E-state index in [1.807, 2.05) is 12.1 Å². The van der Waals surface area contributed by atoms with E-state index < -0.39 is 5.69 Å². The fraction of sp³-hybridized carbons (Fsp3) is 0.0588. The highest BCUT2D eigenvalue weighted by molar-refractivity contribution is 6.30. The number of nitrogens with one attached hydrogen (secondary N) is 1. The van der Waals surface area contributed by atoms with Gasteiger partial charge in [0.1, 0.15) is 0 Å². The monoisotopic (exact) mass is 328 g/mol. The number of benzene rings is 2. The Morgan fingerprint density at radius 2 is 1.78 bits per heavy atom. The second-order valence-electron chi connectivity index (χ2n) is 4.88. The van der Waals surface area contributed by atoms with Crippen molar-refractivity contribution in [3.05, 3.63) is 64.0 Å². The second kappa shape index (κ2) is 6.14. The summed E-state index contributed by atoms with van der Waals surface area (Å²) in [6.45, 7) is 0. The minimum atomic E-state index is -0.459. The van der Waals surface area contributed by atoms with Gasteiger partial charge in [0.05, 0.1) is 18.5 Å². The Morgan fingerprint density at radius 1 is 1.09 bits per heavy atom. The summed E-state index contributed by atoms with van der Waals surface area (Å²) in [5.41, 5.74) is 2.14. The van der Waals surface area contributed by atoms with E-state index in [-0.39, 0.29) is 5.75 Å². The Bertz CT molecular complexity index is 904. The van der Waals surface area contributed by atoms with Gasteiger partial charge in [-0.3, -0.25) is 0 Å². The van der Waals surface area contributed by atoms with Crippen molar-refractivity contribution in [3.63, 3.8) is 0 Å². The molecule has 0 atom stereocenters. The first-order valence-electron chi connectivity index (χ1n) is 6.81. The Balaban J connectivity index is 2.11. The number of hydrogen-bond acceptors (Lipinski definition) is 4. The average molecular weight is 329 g/mol. The molecule has 3 rings (SSSR count). The molecule has 1 heterocycles. The van der Waals surface area contributed by atoms with Crippen molar-refractivity contribution < 1.29 is 9.84 Å². The lowest BCUT2D eigenvalue weighted by Crippen LogP contribution is -2.11. The Morgan fingerprint density at radius 3 is 2.48 bits per heavy atom. The van der Waals surface area contributed by atoms with Crippen LogP contribution in [0.2, 0.25) is 5.02 Å². The maximum atomic E-state index is 11.9. The minimum absolute atomic E-state index is 0.0269. The number of rotatable bonds is 3. The zero-order chi connectivity index (χ0) is 16.4. The van der Waals surface area contributed by atoms with Gasteiger partial charge in [0.2, 0.25) is 0 Å². The number of methoxy groups -OCH3 is 1. The van der Waals surface area contributed by atoms with E-state index in [4.69, 9.17) is 16.3 Å². The first kappa shape index (κ1) is 15.1. The molecule has 0 aliphatic rings. The van der Waals surface area contributed by atoms with Gasteiger partial charge in [-0.05, 0) is 42.0 Å². The first-order chi connectivity index (χ1) is 11.1. The SMILES string of the molecule is COc1cc(-c2cc(-c3ccc(Cl)cc3)[nH]c(=O)n2)ccc1O. The number of nitrogens with zero attached hydrogens (tertiary/aromatic N) is 1. The number of aromatic nitrogens is 2. The highest BCUT2D eigenvalue weighted by Crippen LogP contribution is 2.31. The van der Waals surface area contributed by atoms with Crippen LogP contribution in [0.1, 0.15) is 0 Å². The molecule has 1 aromatic heterocycles. The van der Waals surface area contributed by atoms with Crippen LogP contribution in [0, 0.1) is 0 Å². The van der Waals surface area contributed by atoms with Crippen LogP contribution in [0.25, 0.3) is 22.5 Å². The summed E-state index contributed by atoms with van der Waals surface area (Å²) in [6, 6.07) is 13.7. The van der Waals surface area contributed by atoms with Crippen LogP contribution >= 0.6 is 11.6 Å². The van der Waals surface area contributed by atoms with Gasteiger partial charge in [-0.2, -0.15) is 4.98 Å². The number of phenolic OH excluding ortho intramolecular Hbond substituents is 1. The Labute approximate surface area is 137 Å². The van der Waals surface area contributed by atoms with Crippen LogP contribution in [0.4, 0.5) is 0 Å². The minimum Gasteiger partial charge on any atom is -0.504 e. The number of aromatic hydroxyl groups is 1. The van der Waals surface area contributed by atoms with Crippen LogP contribution in [0.5, 0.6) is 11.5 Å². The molecule has 0 bridgehead atoms. The predicted octanol–water partition coefficient (Wildman–Crippen LogP) is 3.47. The Kier molecular flexibility index (Phi) is 4.04. The maximum Gasteiger partial charge on any atom is 0.345 e. The molecular weight excluding hydrogens is 316 g/mol. The maximum absolute atomic E-state index is 11.9. The topological polar surface area (TPSA) is 75.2 Å². The smallest absolute Gasteiger partial charge is 0.345 e. The highest BCUT2D eigenvalue weighted by Gasteiger charge is 2.09. The Hall–Kier alpha value is -2.79. The molecule has 6 heteroatoms. The highest BCUT2D eigenvalue weighted by atomic mass is 35.5. The second-order valence-corrected chi connectivity index (χ2v) is 5.32. The van der Waals surface area contributed by atoms with Crippen molar-refractivity contribution in [2.45, 2.75) is 0 Å². The summed E-state index contributed by atoms with van der Waals surface area (Å²) in [4.78, 5) is 18.6. The van der Waals surface area contributed by atoms with Crippen LogP contribution in [-0.4, -0.2) is 22.2 Å². The third kappa shape index (κ3) is 3.19. The van der Waals surface area contributed by atoms with E-state index in [2.05, 4.69) is 9.97 Å². The molecule has 0 radical (unpaired) electrons. The van der Waals surface area contributed by atoms with Crippen LogP contribution in [0.15, 0.2) is 53.3 Å². The summed E-state index contributed by atoms with van der Waals surface area (Å²) < 4.78 is 5.09. The molecule has 0 amide bonds. The van der Waals surface area contributed by atoms with Crippen LogP contribution < -0.4 is 10.4 Å². The number of aromatic amines is 1. The van der Waals surface area contributed by atoms with Crippen molar-refractivity contribution in [1.29, 1.82) is 0 Å². The number of H-pyrrole nitrogens is 1. The van der Waals surface area contributed by atoms with Crippen molar-refractivity contribution in [3.8, 4) is 34.0 Å². The van der Waals surface area contributed by atoms with E-state index in [9.17, 15) is 9.90 Å². The lowest BCUT2D eigenvalue weighted by Gasteiger charge is -2.08. The van der Waals surface area contributed by atoms with Gasteiger partial charge in [0.15, 0.2) is 11.5 Å². The molecule has 0 unspecified atom stereocenters. The predicted molar refractivity (Wildman–Crippen MR) is 89.0 cm³/mol. The molecule has 5 nitrogen and oxygen atoms in total. The lowest BCUT2D eigenvalue weighted by atomic mass is 10.1. The molecule has 23 heavy (non-hydrogen) atoms. The van der Waals surface area contributed by atoms with Crippen molar-refractivity contribution >= 4 is 11.6 Å². The summed E-state index contributed by atoms with van der Waals surface area (Å²) in [7, 11) is 1.46. The largest absolute Gasteiger partial charge is 0.504 e. The molecule has 116 valence electrons. The molecule has 2 N–H and O–H groups in total. The van der Waals surface area contributed by atoms with Gasteiger partial charge in [0, 0.05) is 10.6 Å². The fourth-order valence-electron chi connectivity index (χ4n) is 2.23. The molecule has 0 aliphatic carbocycles. The molecule has 3 aromatic rings. The fourth-order valence-corrected chi connectivity index (χ4v) is 2.35. The van der Waals surface area contributed by atoms with Crippen molar-refractivity contribution in [2.75, 3.05) is 7.11 Å². The van der Waals surface area contributed by atoms with E-state index in [0.29, 0.717) is 27.7 Å². The zero-order valence-corrected chi connectivity index (χ0v) is 13.0. The van der Waals surface area contributed by atoms with Gasteiger partial charge < -0.3 is 14.8 Å². The van der Waals surface area contributed by atoms with E-state index in [1.165, 1.54) is 13.2 Å². The summed E-state index contributed by atoms with van der Waals surface area (Å²) >= 11 is 5.88. The standard InChI is InChI=1S/C17H13ClN2O3/c1-23-16-8-11(4-7-15(16)21)14-9-13(19-17(22)20-14)10-2-5-12(18)6-3-10/h2-9,21H,1H3,(H,19,20,22). The third-order valence-corrected chi connectivity index (χ3v) is 3.63. The molecular formula is C17H13ClN2O3. The normalized spacial score (nSPS) is 10.5. The number of phenols is 1. The molecule has 0 saturated heterocycles. The zero-order valence-electron chi connectivity index (χ0n) is 12.2. The van der Waals surface area contributed by atoms with Crippen molar-refractivity contribution in [1.82, 2.24) is 9.97 Å². The molecule has 2 aromatic carbocycles. The summed E-state index contributed by atoms with van der Waals surface area (Å²) in [6.07, 6.45) is 0. The van der Waals surface area contributed by atoms with Crippen LogP contribution in [0.3, 0.4) is 0 Å². The van der Waals surface area contributed by atoms with Gasteiger partial charge >= 0.3 is 5.69 Å². The van der Waals surface area contributed by atoms with Gasteiger partial charge in [0.25, 0.3) is 0 Å². The van der Waals surface area contributed by atoms with Crippen LogP contribution in [-0.2, 0) is 0 Å². The number of ether oxygens (including phenoxy) is 1. The van der Waals surface area contributed by atoms with Gasteiger partial charge in [-0.1, -0.05) is 23.7 Å². The summed E-state index contributed by atoms with van der Waals surface area (Å²) in [5.74, 6) is 0.344. The average Bonchev–Trinajstić information content (AvgIpc) is 2.55. The van der Waals surface area contributed by atoms with Crippen molar-refractivity contribution in [2.24, 2.45) is 0 Å². The molecule has 0 fully saturated rings. The quantitative estimate of drug-likeness (QED) is 0.772. The third-order valence-electron chi connectivity index (χ3n) is 3.38. The van der Waals surface area contributed by atoms with E-state index in [1.54, 1.807) is 30.3 Å². The van der Waals surface area contributed by atoms with E-state index >= 15 is 0 Å².